The molecule has 3 rings (SSSR count). The Kier molecular flexibility index (Phi) is 3.39. The summed E-state index contributed by atoms with van der Waals surface area (Å²) in [6.45, 7) is 0.449. The number of hydrogen-bond acceptors (Lipinski definition) is 4. The van der Waals surface area contributed by atoms with E-state index in [4.69, 9.17) is 5.26 Å². The van der Waals surface area contributed by atoms with Gasteiger partial charge in [-0.05, 0) is 40.3 Å². The number of benzene rings is 2. The van der Waals surface area contributed by atoms with Crippen molar-refractivity contribution in [3.05, 3.63) is 65.5 Å². The van der Waals surface area contributed by atoms with E-state index in [0.29, 0.717) is 23.5 Å². The topological polar surface area (TPSA) is 67.4 Å². The van der Waals surface area contributed by atoms with Crippen LogP contribution in [-0.2, 0) is 6.54 Å². The van der Waals surface area contributed by atoms with Crippen LogP contribution in [0.25, 0.3) is 11.4 Å². The van der Waals surface area contributed by atoms with E-state index in [9.17, 15) is 4.39 Å². The average Bonchev–Trinajstić information content (AvgIpc) is 2.96. The highest BCUT2D eigenvalue weighted by Crippen LogP contribution is 2.17. The summed E-state index contributed by atoms with van der Waals surface area (Å²) >= 11 is 0. The molecule has 6 heteroatoms. The predicted octanol–water partition coefficient (Wildman–Crippen LogP) is 2.40. The Morgan fingerprint density at radius 1 is 1.14 bits per heavy atom. The molecular formula is C15H10FN5. The summed E-state index contributed by atoms with van der Waals surface area (Å²) in [4.78, 5) is 0. The number of rotatable bonds is 3. The van der Waals surface area contributed by atoms with Crippen LogP contribution in [0.4, 0.5) is 4.39 Å². The summed E-state index contributed by atoms with van der Waals surface area (Å²) in [6.07, 6.45) is 0. The molecule has 5 nitrogen and oxygen atoms in total. The molecule has 0 atom stereocenters. The molecule has 0 aliphatic carbocycles. The molecule has 0 unspecified atom stereocenters. The molecular weight excluding hydrogens is 269 g/mol. The molecule has 102 valence electrons. The second-order valence-electron chi connectivity index (χ2n) is 4.48. The first-order chi connectivity index (χ1) is 10.3. The van der Waals surface area contributed by atoms with Crippen molar-refractivity contribution in [2.75, 3.05) is 0 Å². The van der Waals surface area contributed by atoms with Gasteiger partial charge in [0.2, 0.25) is 0 Å². The van der Waals surface area contributed by atoms with Crippen LogP contribution in [0.1, 0.15) is 11.1 Å². The maximum absolute atomic E-state index is 13.3. The summed E-state index contributed by atoms with van der Waals surface area (Å²) in [5.41, 5.74) is 2.17. The minimum Gasteiger partial charge on any atom is -0.221 e. The molecule has 1 heterocycles. The van der Waals surface area contributed by atoms with Gasteiger partial charge >= 0.3 is 0 Å². The van der Waals surface area contributed by atoms with E-state index in [1.54, 1.807) is 28.9 Å². The Balaban J connectivity index is 1.90. The monoisotopic (exact) mass is 279 g/mol. The molecule has 1 aromatic heterocycles. The summed E-state index contributed by atoms with van der Waals surface area (Å²) < 4.78 is 14.9. The number of nitriles is 1. The van der Waals surface area contributed by atoms with Gasteiger partial charge in [-0.1, -0.05) is 24.3 Å². The number of hydrogen-bond donors (Lipinski definition) is 0. The van der Waals surface area contributed by atoms with Crippen LogP contribution >= 0.6 is 0 Å². The summed E-state index contributed by atoms with van der Waals surface area (Å²) in [5.74, 6) is 0.166. The fraction of sp³-hybridized carbons (Fsp3) is 0.0667. The molecule has 3 aromatic rings. The van der Waals surface area contributed by atoms with Crippen LogP contribution < -0.4 is 0 Å². The number of nitrogens with zero attached hydrogens (tertiary/aromatic N) is 5. The fourth-order valence-corrected chi connectivity index (χ4v) is 2.00. The van der Waals surface area contributed by atoms with Gasteiger partial charge in [0.25, 0.3) is 0 Å². The number of tetrazole rings is 1. The molecule has 0 saturated heterocycles. The standard InChI is InChI=1S/C15H10FN5/c16-14-3-1-2-13(8-14)15-18-19-20-21(15)10-12-6-4-11(9-17)5-7-12/h1-8H,10H2. The molecule has 0 aliphatic heterocycles. The molecule has 0 radical (unpaired) electrons. The van der Waals surface area contributed by atoms with Crippen molar-refractivity contribution in [2.45, 2.75) is 6.54 Å². The van der Waals surface area contributed by atoms with Crippen LogP contribution in [-0.4, -0.2) is 20.2 Å². The summed E-state index contributed by atoms with van der Waals surface area (Å²) in [6, 6.07) is 15.4. The van der Waals surface area contributed by atoms with E-state index >= 15 is 0 Å². The lowest BCUT2D eigenvalue weighted by atomic mass is 10.1. The normalized spacial score (nSPS) is 10.3. The summed E-state index contributed by atoms with van der Waals surface area (Å²) in [7, 11) is 0. The van der Waals surface area contributed by atoms with E-state index in [1.165, 1.54) is 12.1 Å². The SMILES string of the molecule is N#Cc1ccc(Cn2nnnc2-c2cccc(F)c2)cc1. The molecule has 0 bridgehead atoms. The third kappa shape index (κ3) is 2.77. The van der Waals surface area contributed by atoms with Gasteiger partial charge in [0.15, 0.2) is 5.82 Å². The van der Waals surface area contributed by atoms with Gasteiger partial charge in [-0.2, -0.15) is 5.26 Å². The Hall–Kier alpha value is -3.07. The first-order valence-corrected chi connectivity index (χ1v) is 6.27. The Labute approximate surface area is 120 Å². The van der Waals surface area contributed by atoms with Gasteiger partial charge in [0.1, 0.15) is 5.82 Å². The average molecular weight is 279 g/mol. The van der Waals surface area contributed by atoms with E-state index in [1.807, 2.05) is 12.1 Å². The Bertz CT molecular complexity index is 801. The minimum atomic E-state index is -0.333. The minimum absolute atomic E-state index is 0.333. The van der Waals surface area contributed by atoms with Crippen LogP contribution in [0.2, 0.25) is 0 Å². The van der Waals surface area contributed by atoms with Crippen molar-refractivity contribution in [1.29, 1.82) is 5.26 Å². The van der Waals surface area contributed by atoms with Gasteiger partial charge in [0, 0.05) is 5.56 Å². The van der Waals surface area contributed by atoms with E-state index in [0.717, 1.165) is 5.56 Å². The van der Waals surface area contributed by atoms with Crippen molar-refractivity contribution in [3.63, 3.8) is 0 Å². The zero-order valence-corrected chi connectivity index (χ0v) is 10.9. The Morgan fingerprint density at radius 3 is 2.67 bits per heavy atom. The van der Waals surface area contributed by atoms with Gasteiger partial charge in [-0.15, -0.1) is 5.10 Å². The van der Waals surface area contributed by atoms with Crippen molar-refractivity contribution >= 4 is 0 Å². The van der Waals surface area contributed by atoms with Gasteiger partial charge in [0.05, 0.1) is 18.2 Å². The zero-order valence-electron chi connectivity index (χ0n) is 10.9. The highest BCUT2D eigenvalue weighted by molar-refractivity contribution is 5.54. The van der Waals surface area contributed by atoms with Gasteiger partial charge in [-0.25, -0.2) is 9.07 Å². The highest BCUT2D eigenvalue weighted by atomic mass is 19.1. The molecule has 2 aromatic carbocycles. The van der Waals surface area contributed by atoms with E-state index < -0.39 is 0 Å². The predicted molar refractivity (Wildman–Crippen MR) is 73.5 cm³/mol. The quantitative estimate of drug-likeness (QED) is 0.738. The maximum Gasteiger partial charge on any atom is 0.182 e. The van der Waals surface area contributed by atoms with Crippen LogP contribution in [0.5, 0.6) is 0 Å². The zero-order chi connectivity index (χ0) is 14.7. The van der Waals surface area contributed by atoms with Crippen molar-refractivity contribution in [3.8, 4) is 17.5 Å². The molecule has 0 spiro atoms. The number of aromatic nitrogens is 4. The molecule has 0 aliphatic rings. The molecule has 0 saturated carbocycles. The highest BCUT2D eigenvalue weighted by Gasteiger charge is 2.10. The molecule has 0 amide bonds. The largest absolute Gasteiger partial charge is 0.221 e. The van der Waals surface area contributed by atoms with Crippen LogP contribution in [0.15, 0.2) is 48.5 Å². The fourth-order valence-electron chi connectivity index (χ4n) is 2.00. The van der Waals surface area contributed by atoms with Crippen LogP contribution in [0.3, 0.4) is 0 Å². The second kappa shape index (κ2) is 5.51. The lowest BCUT2D eigenvalue weighted by Gasteiger charge is -2.05. The van der Waals surface area contributed by atoms with Crippen LogP contribution in [0, 0.1) is 17.1 Å². The maximum atomic E-state index is 13.3. The molecule has 0 N–H and O–H groups in total. The summed E-state index contributed by atoms with van der Waals surface area (Å²) in [5, 5.41) is 20.3. The lowest BCUT2D eigenvalue weighted by molar-refractivity contribution is 0.626. The second-order valence-corrected chi connectivity index (χ2v) is 4.48. The molecule has 21 heavy (non-hydrogen) atoms. The first kappa shape index (κ1) is 12.9. The molecule has 0 fully saturated rings. The van der Waals surface area contributed by atoms with Crippen molar-refractivity contribution in [1.82, 2.24) is 20.2 Å². The Morgan fingerprint density at radius 2 is 1.95 bits per heavy atom. The third-order valence-electron chi connectivity index (χ3n) is 3.03. The van der Waals surface area contributed by atoms with E-state index in [2.05, 4.69) is 21.6 Å². The smallest absolute Gasteiger partial charge is 0.182 e. The van der Waals surface area contributed by atoms with Gasteiger partial charge in [-0.3, -0.25) is 0 Å². The van der Waals surface area contributed by atoms with E-state index in [-0.39, 0.29) is 5.82 Å². The number of halogens is 1. The first-order valence-electron chi connectivity index (χ1n) is 6.27. The van der Waals surface area contributed by atoms with Crippen molar-refractivity contribution < 1.29 is 4.39 Å². The van der Waals surface area contributed by atoms with Gasteiger partial charge < -0.3 is 0 Å². The van der Waals surface area contributed by atoms with Crippen molar-refractivity contribution in [2.24, 2.45) is 0 Å². The lowest BCUT2D eigenvalue weighted by Crippen LogP contribution is -2.04. The third-order valence-corrected chi connectivity index (χ3v) is 3.03.